The Labute approximate surface area is 614 Å². The van der Waals surface area contributed by atoms with Crippen LogP contribution < -0.4 is 31.9 Å². The molecular formula is C72H132N7O25+. The molecule has 32 nitrogen and oxygen atoms in total. The molecule has 104 heavy (non-hydrogen) atoms. The number of hydrogen-bond acceptors (Lipinski definition) is 25. The van der Waals surface area contributed by atoms with Crippen molar-refractivity contribution < 1.29 is 127 Å². The number of methoxy groups -OCH3 is 1. The van der Waals surface area contributed by atoms with E-state index in [4.69, 9.17) is 33.2 Å². The molecule has 0 saturated carbocycles. The number of rotatable bonds is 55. The predicted octanol–water partition coefficient (Wildman–Crippen LogP) is 0.254. The van der Waals surface area contributed by atoms with Crippen molar-refractivity contribution in [2.24, 2.45) is 17.8 Å². The summed E-state index contributed by atoms with van der Waals surface area (Å²) in [5, 5.41) is 107. The van der Waals surface area contributed by atoms with Gasteiger partial charge in [-0.1, -0.05) is 53.9 Å². The van der Waals surface area contributed by atoms with Crippen molar-refractivity contribution in [1.29, 1.82) is 0 Å². The van der Waals surface area contributed by atoms with Crippen molar-refractivity contribution in [3.05, 3.63) is 0 Å². The maximum Gasteiger partial charge on any atom is 0.314 e. The van der Waals surface area contributed by atoms with E-state index < -0.39 is 128 Å². The number of nitrogens with zero attached hydrogens (tertiary/aromatic N) is 1. The first-order valence-electron chi connectivity index (χ1n) is 37.9. The van der Waals surface area contributed by atoms with Crippen LogP contribution in [0, 0.1) is 17.8 Å². The van der Waals surface area contributed by atoms with Crippen LogP contribution in [0.3, 0.4) is 0 Å². The zero-order valence-corrected chi connectivity index (χ0v) is 63.0. The maximum absolute atomic E-state index is 14.8. The molecule has 7 unspecified atom stereocenters. The van der Waals surface area contributed by atoms with Gasteiger partial charge in [0.15, 0.2) is 31.2 Å². The second-order valence-corrected chi connectivity index (χ2v) is 28.3. The molecule has 0 aromatic carbocycles. The van der Waals surface area contributed by atoms with Gasteiger partial charge in [0.2, 0.25) is 29.5 Å². The van der Waals surface area contributed by atoms with Gasteiger partial charge in [-0.3, -0.25) is 38.4 Å². The van der Waals surface area contributed by atoms with E-state index in [9.17, 15) is 89.1 Å². The molecule has 7 amide bonds. The number of aliphatic hydroxyl groups is 9. The topological polar surface area (TPSA) is 472 Å². The van der Waals surface area contributed by atoms with E-state index in [0.717, 1.165) is 5.92 Å². The predicted molar refractivity (Wildman–Crippen MR) is 380 cm³/mol. The molecule has 3 fully saturated rings. The van der Waals surface area contributed by atoms with Crippen LogP contribution in [0.5, 0.6) is 0 Å². The van der Waals surface area contributed by atoms with E-state index in [0.29, 0.717) is 116 Å². The Morgan fingerprint density at radius 1 is 0.394 bits per heavy atom. The van der Waals surface area contributed by atoms with Crippen LogP contribution in [-0.2, 0) is 76.3 Å². The lowest BCUT2D eigenvalue weighted by Crippen LogP contribution is -2.64. The van der Waals surface area contributed by atoms with Crippen molar-refractivity contribution in [3.8, 4) is 0 Å². The van der Waals surface area contributed by atoms with Gasteiger partial charge in [0.1, 0.15) is 61.1 Å². The van der Waals surface area contributed by atoms with Crippen molar-refractivity contribution in [2.75, 3.05) is 106 Å². The summed E-state index contributed by atoms with van der Waals surface area (Å²) in [6, 6.07) is -1.07. The lowest BCUT2D eigenvalue weighted by Gasteiger charge is -2.42. The fourth-order valence-corrected chi connectivity index (χ4v) is 12.0. The standard InChI is InChI=1S/C68H121N7O25.C4H10/c1-45-60(88)62(90)50(42-76)98-66(45)95-36-17-5-8-24-54(83)70-31-14-12-28-58(87)75(35-16-15-32-71-56(85)27-20-23-48(80)29-39-94-4,41-57(86)73-34-21-33-72-55(84)26-9-6-18-37-96-67-46(2)61(89)63(91)51(43-77)99-67)40-49(81)22-11-13-30-69-53(82)25-10-7-19-38-97-68-59(74-47(3)79)65(93)64(92)52(44-78)100-68;1-4(2)3/h45-46,50-52,59-68,76-78,88-93H,5-44H2,1-4H3,(H5-,69,70,71,72,73,74,79,82,83,84,85,86);4H,1-3H3/p+1/t45?,46?,50?,51?,52?,59?,60-,61-,62+,63+,64+,65-,66-,67-,68-,75?;/m1./s1. The molecule has 3 aliphatic heterocycles. The van der Waals surface area contributed by atoms with Crippen LogP contribution in [0.25, 0.3) is 0 Å². The van der Waals surface area contributed by atoms with E-state index in [1.54, 1.807) is 13.8 Å². The Kier molecular flexibility index (Phi) is 50.9. The number of ether oxygens (including phenoxy) is 7. The zero-order valence-electron chi connectivity index (χ0n) is 63.0. The van der Waals surface area contributed by atoms with E-state index in [2.05, 4.69) is 52.7 Å². The monoisotopic (exact) mass is 1490 g/mol. The molecule has 3 aliphatic rings. The highest BCUT2D eigenvalue weighted by Gasteiger charge is 2.47. The van der Waals surface area contributed by atoms with E-state index in [1.165, 1.54) is 14.0 Å². The third-order valence-electron chi connectivity index (χ3n) is 18.2. The minimum absolute atomic E-state index is 0.0110. The smallest absolute Gasteiger partial charge is 0.314 e. The minimum atomic E-state index is -1.44. The van der Waals surface area contributed by atoms with E-state index in [1.807, 2.05) is 0 Å². The van der Waals surface area contributed by atoms with Crippen molar-refractivity contribution in [3.63, 3.8) is 0 Å². The molecular weight excluding hydrogens is 1360 g/mol. The first-order chi connectivity index (χ1) is 49.6. The molecule has 16 atom stereocenters. The number of carbonyl (C=O) groups excluding carboxylic acids is 9. The van der Waals surface area contributed by atoms with Crippen molar-refractivity contribution >= 4 is 52.9 Å². The van der Waals surface area contributed by atoms with Crippen LogP contribution in [0.4, 0.5) is 0 Å². The van der Waals surface area contributed by atoms with Crippen molar-refractivity contribution in [1.82, 2.24) is 31.9 Å². The van der Waals surface area contributed by atoms with Gasteiger partial charge in [-0.15, -0.1) is 0 Å². The molecule has 0 bridgehead atoms. The number of unbranched alkanes of at least 4 members (excludes halogenated alkanes) is 9. The average Bonchev–Trinajstić information content (AvgIpc) is 0.815. The highest BCUT2D eigenvalue weighted by atomic mass is 16.7. The summed E-state index contributed by atoms with van der Waals surface area (Å²) in [4.78, 5) is 118. The fraction of sp³-hybridized carbons (Fsp3) is 0.875. The van der Waals surface area contributed by atoms with Crippen LogP contribution in [0.15, 0.2) is 0 Å². The lowest BCUT2D eigenvalue weighted by molar-refractivity contribution is -0.839. The van der Waals surface area contributed by atoms with Crippen LogP contribution >= 0.6 is 0 Å². The van der Waals surface area contributed by atoms with Crippen LogP contribution in [-0.4, -0.2) is 289 Å². The molecule has 32 heteroatoms. The molecule has 0 aromatic heterocycles. The summed E-state index contributed by atoms with van der Waals surface area (Å²) in [5.74, 6) is -2.69. The molecule has 15 N–H and O–H groups in total. The van der Waals surface area contributed by atoms with Gasteiger partial charge in [-0.25, -0.2) is 9.28 Å². The Balaban J connectivity index is 0.00000894. The number of amides is 7. The number of Topliss-reactive ketones (excluding diaryl/α,β-unsaturated/α-hetero) is 2. The van der Waals surface area contributed by atoms with Gasteiger partial charge in [-0.2, -0.15) is 0 Å². The summed E-state index contributed by atoms with van der Waals surface area (Å²) in [7, 11) is 1.50. The van der Waals surface area contributed by atoms with Gasteiger partial charge in [0.05, 0.1) is 51.6 Å². The molecule has 604 valence electrons. The second kappa shape index (κ2) is 55.5. The number of nitrogens with one attached hydrogen (secondary N) is 6. The SMILES string of the molecule is CC(C)C.COCCC(=O)CCCC(=O)NCCCC[N+](CC(=O)CCCCNC(=O)CCCCCO[C@@H]1OC(CO)[C@H](O)[C@H](O)C1NC(C)=O)(CC(=O)NCCCNC(=O)CCCCCO[C@@H]1OC(CO)[C@H](O)[C@H](O)C1C)C(=O)CCCCNC(=O)CCCCCO[C@@H]1OC(CO)[C@H](O)[C@H](O)C1C. The van der Waals surface area contributed by atoms with Crippen molar-refractivity contribution in [2.45, 2.75) is 282 Å². The first kappa shape index (κ1) is 95.2. The summed E-state index contributed by atoms with van der Waals surface area (Å²) < 4.78 is 38.5. The summed E-state index contributed by atoms with van der Waals surface area (Å²) in [6.45, 7) is 11.1. The van der Waals surface area contributed by atoms with E-state index in [-0.39, 0.29) is 165 Å². The number of aliphatic hydroxyl groups excluding tert-OH is 9. The molecule has 3 saturated heterocycles. The quantitative estimate of drug-likeness (QED) is 0.0287. The average molecular weight is 1500 g/mol. The summed E-state index contributed by atoms with van der Waals surface area (Å²) >= 11 is 0. The Hall–Kier alpha value is -4.85. The third-order valence-corrected chi connectivity index (χ3v) is 18.2. The molecule has 0 radical (unpaired) electrons. The Bertz CT molecular complexity index is 2430. The number of ketones is 2. The summed E-state index contributed by atoms with van der Waals surface area (Å²) in [6.07, 6.45) is -3.98. The maximum atomic E-state index is 14.8. The summed E-state index contributed by atoms with van der Waals surface area (Å²) in [5.41, 5.74) is 0. The number of quaternary nitrogens is 1. The molecule has 0 spiro atoms. The lowest BCUT2D eigenvalue weighted by atomic mass is 9.92. The molecule has 3 rings (SSSR count). The van der Waals surface area contributed by atoms with Gasteiger partial charge >= 0.3 is 5.91 Å². The van der Waals surface area contributed by atoms with E-state index >= 15 is 0 Å². The molecule has 0 aliphatic carbocycles. The molecule has 3 heterocycles. The highest BCUT2D eigenvalue weighted by molar-refractivity contribution is 5.85. The van der Waals surface area contributed by atoms with Gasteiger partial charge in [0, 0.05) is 123 Å². The molecule has 0 aromatic rings. The van der Waals surface area contributed by atoms with Gasteiger partial charge in [0.25, 0.3) is 5.91 Å². The number of hydrogen-bond donors (Lipinski definition) is 15. The van der Waals surface area contributed by atoms with Gasteiger partial charge < -0.3 is 111 Å². The second-order valence-electron chi connectivity index (χ2n) is 28.3. The zero-order chi connectivity index (χ0) is 77.4. The van der Waals surface area contributed by atoms with Gasteiger partial charge in [-0.05, 0) is 95.8 Å². The van der Waals surface area contributed by atoms with Crippen LogP contribution in [0.2, 0.25) is 0 Å². The Morgan fingerprint density at radius 3 is 1.19 bits per heavy atom. The normalized spacial score (nSPS) is 25.2. The highest BCUT2D eigenvalue weighted by Crippen LogP contribution is 2.29. The largest absolute Gasteiger partial charge is 0.394 e. The number of carbonyl (C=O) groups is 9. The first-order valence-corrected chi connectivity index (χ1v) is 37.9. The fourth-order valence-electron chi connectivity index (χ4n) is 12.0. The third kappa shape index (κ3) is 39.3. The minimum Gasteiger partial charge on any atom is -0.394 e. The Morgan fingerprint density at radius 2 is 0.760 bits per heavy atom. The van der Waals surface area contributed by atoms with Crippen LogP contribution in [0.1, 0.15) is 202 Å².